The zero-order chi connectivity index (χ0) is 20.3. The number of hydrogen-bond donors (Lipinski definition) is 1. The zero-order valence-corrected chi connectivity index (χ0v) is 19.0. The van der Waals surface area contributed by atoms with Gasteiger partial charge in [-0.2, -0.15) is 5.10 Å². The van der Waals surface area contributed by atoms with E-state index < -0.39 is 0 Å². The number of carbonyl (C=O) groups is 1. The molecule has 1 unspecified atom stereocenters. The smallest absolute Gasteiger partial charge is 0.229 e. The van der Waals surface area contributed by atoms with Crippen molar-refractivity contribution < 1.29 is 4.79 Å². The van der Waals surface area contributed by atoms with Crippen molar-refractivity contribution in [1.82, 2.24) is 9.78 Å². The van der Waals surface area contributed by atoms with Gasteiger partial charge >= 0.3 is 0 Å². The number of benzene rings is 2. The Hall–Kier alpha value is -1.76. The maximum atomic E-state index is 12.8. The van der Waals surface area contributed by atoms with Crippen molar-refractivity contribution in [2.45, 2.75) is 37.1 Å². The standard InChI is InChI=1S/C21H21BrClN3OS/c1-13(12-26-15(3)20(22)14(2)25-26)21(27)24-18-6-4-5-7-19(18)28-17-10-8-16(23)9-11-17/h4-11,13H,12H2,1-3H3,(H,24,27). The topological polar surface area (TPSA) is 46.9 Å². The third-order valence-electron chi connectivity index (χ3n) is 4.37. The number of nitrogens with one attached hydrogen (secondary N) is 1. The second-order valence-corrected chi connectivity index (χ2v) is 8.95. The first-order valence-electron chi connectivity index (χ1n) is 8.88. The van der Waals surface area contributed by atoms with Gasteiger partial charge in [-0.15, -0.1) is 0 Å². The van der Waals surface area contributed by atoms with Crippen molar-refractivity contribution in [3.8, 4) is 0 Å². The molecule has 0 aliphatic heterocycles. The van der Waals surface area contributed by atoms with Crippen molar-refractivity contribution in [1.29, 1.82) is 0 Å². The van der Waals surface area contributed by atoms with Crippen LogP contribution in [-0.4, -0.2) is 15.7 Å². The second kappa shape index (κ2) is 9.16. The van der Waals surface area contributed by atoms with Crippen LogP contribution in [0.1, 0.15) is 18.3 Å². The summed E-state index contributed by atoms with van der Waals surface area (Å²) in [7, 11) is 0. The van der Waals surface area contributed by atoms with Crippen LogP contribution in [0.2, 0.25) is 5.02 Å². The Morgan fingerprint density at radius 1 is 1.21 bits per heavy atom. The molecule has 0 fully saturated rings. The highest BCUT2D eigenvalue weighted by Crippen LogP contribution is 2.34. The van der Waals surface area contributed by atoms with E-state index >= 15 is 0 Å². The average molecular weight is 479 g/mol. The number of para-hydroxylation sites is 1. The van der Waals surface area contributed by atoms with Crippen molar-refractivity contribution in [2.24, 2.45) is 5.92 Å². The molecule has 4 nitrogen and oxygen atoms in total. The first kappa shape index (κ1) is 21.0. The zero-order valence-electron chi connectivity index (χ0n) is 15.9. The molecule has 0 aliphatic rings. The number of halogens is 2. The lowest BCUT2D eigenvalue weighted by molar-refractivity contribution is -0.119. The lowest BCUT2D eigenvalue weighted by Crippen LogP contribution is -2.25. The van der Waals surface area contributed by atoms with Crippen LogP contribution >= 0.6 is 39.3 Å². The lowest BCUT2D eigenvalue weighted by Gasteiger charge is -2.15. The molecule has 2 aromatic carbocycles. The number of nitrogens with zero attached hydrogens (tertiary/aromatic N) is 2. The van der Waals surface area contributed by atoms with Gasteiger partial charge in [0.2, 0.25) is 5.91 Å². The Morgan fingerprint density at radius 3 is 2.54 bits per heavy atom. The summed E-state index contributed by atoms with van der Waals surface area (Å²) in [5, 5.41) is 8.26. The monoisotopic (exact) mass is 477 g/mol. The predicted molar refractivity (Wildman–Crippen MR) is 119 cm³/mol. The summed E-state index contributed by atoms with van der Waals surface area (Å²) in [6.07, 6.45) is 0. The van der Waals surface area contributed by atoms with E-state index in [4.69, 9.17) is 11.6 Å². The lowest BCUT2D eigenvalue weighted by atomic mass is 10.1. The first-order valence-corrected chi connectivity index (χ1v) is 10.9. The molecule has 1 aromatic heterocycles. The summed E-state index contributed by atoms with van der Waals surface area (Å²) < 4.78 is 2.86. The van der Waals surface area contributed by atoms with Crippen LogP contribution in [0.25, 0.3) is 0 Å². The van der Waals surface area contributed by atoms with E-state index in [0.29, 0.717) is 11.6 Å². The molecule has 0 aliphatic carbocycles. The van der Waals surface area contributed by atoms with Crippen LogP contribution in [0.5, 0.6) is 0 Å². The highest BCUT2D eigenvalue weighted by molar-refractivity contribution is 9.10. The van der Waals surface area contributed by atoms with Gasteiger partial charge in [-0.25, -0.2) is 0 Å². The number of carbonyl (C=O) groups excluding carboxylic acids is 1. The maximum absolute atomic E-state index is 12.8. The van der Waals surface area contributed by atoms with Crippen molar-refractivity contribution in [3.05, 3.63) is 69.4 Å². The molecule has 28 heavy (non-hydrogen) atoms. The minimum Gasteiger partial charge on any atom is -0.325 e. The van der Waals surface area contributed by atoms with E-state index in [2.05, 4.69) is 26.3 Å². The van der Waals surface area contributed by atoms with E-state index in [1.54, 1.807) is 11.8 Å². The Morgan fingerprint density at radius 2 is 1.89 bits per heavy atom. The van der Waals surface area contributed by atoms with E-state index in [9.17, 15) is 4.79 Å². The van der Waals surface area contributed by atoms with Gasteiger partial charge in [0.15, 0.2) is 0 Å². The molecule has 3 aromatic rings. The Bertz CT molecular complexity index is 988. The molecule has 0 saturated heterocycles. The van der Waals surface area contributed by atoms with Gasteiger partial charge in [0.05, 0.1) is 28.3 Å². The third kappa shape index (κ3) is 4.99. The number of rotatable bonds is 6. The predicted octanol–water partition coefficient (Wildman–Crippen LogP) is 6.34. The number of anilines is 1. The van der Waals surface area contributed by atoms with Crippen molar-refractivity contribution in [2.75, 3.05) is 5.32 Å². The maximum Gasteiger partial charge on any atom is 0.229 e. The summed E-state index contributed by atoms with van der Waals surface area (Å²) in [5.74, 6) is -0.258. The highest BCUT2D eigenvalue weighted by Gasteiger charge is 2.18. The van der Waals surface area contributed by atoms with Crippen molar-refractivity contribution in [3.63, 3.8) is 0 Å². The molecule has 1 amide bonds. The summed E-state index contributed by atoms with van der Waals surface area (Å²) >= 11 is 11.1. The quantitative estimate of drug-likeness (QED) is 0.449. The molecule has 146 valence electrons. The molecule has 1 atom stereocenters. The summed E-state index contributed by atoms with van der Waals surface area (Å²) in [5.41, 5.74) is 2.75. The molecule has 0 bridgehead atoms. The fourth-order valence-electron chi connectivity index (χ4n) is 2.74. The molecule has 1 N–H and O–H groups in total. The fourth-order valence-corrected chi connectivity index (χ4v) is 4.05. The van der Waals surface area contributed by atoms with Gasteiger partial charge in [-0.1, -0.05) is 42.4 Å². The first-order chi connectivity index (χ1) is 13.3. The van der Waals surface area contributed by atoms with Gasteiger partial charge in [0.1, 0.15) is 0 Å². The molecule has 0 radical (unpaired) electrons. The third-order valence-corrected chi connectivity index (χ3v) is 6.86. The molecule has 7 heteroatoms. The van der Waals surface area contributed by atoms with E-state index in [1.807, 2.05) is 74.0 Å². The van der Waals surface area contributed by atoms with Crippen LogP contribution in [0.3, 0.4) is 0 Å². The van der Waals surface area contributed by atoms with Gasteiger partial charge in [0, 0.05) is 20.5 Å². The summed E-state index contributed by atoms with van der Waals surface area (Å²) in [6.45, 7) is 6.38. The van der Waals surface area contributed by atoms with Crippen LogP contribution in [0, 0.1) is 19.8 Å². The van der Waals surface area contributed by atoms with Crippen LogP contribution in [0.15, 0.2) is 62.8 Å². The van der Waals surface area contributed by atoms with Crippen LogP contribution in [-0.2, 0) is 11.3 Å². The molecule has 0 saturated carbocycles. The second-order valence-electron chi connectivity index (χ2n) is 6.61. The number of aryl methyl sites for hydroxylation is 1. The van der Waals surface area contributed by atoms with Gasteiger partial charge in [-0.05, 0) is 66.2 Å². The highest BCUT2D eigenvalue weighted by atomic mass is 79.9. The van der Waals surface area contributed by atoms with Gasteiger partial charge in [-0.3, -0.25) is 9.48 Å². The minimum atomic E-state index is -0.224. The number of aromatic nitrogens is 2. The van der Waals surface area contributed by atoms with Crippen LogP contribution < -0.4 is 5.32 Å². The van der Waals surface area contributed by atoms with Crippen molar-refractivity contribution >= 4 is 50.9 Å². The minimum absolute atomic E-state index is 0.0344. The normalized spacial score (nSPS) is 12.0. The SMILES string of the molecule is Cc1nn(CC(C)C(=O)Nc2ccccc2Sc2ccc(Cl)cc2)c(C)c1Br. The van der Waals surface area contributed by atoms with Crippen LogP contribution in [0.4, 0.5) is 5.69 Å². The summed E-state index contributed by atoms with van der Waals surface area (Å²) in [6, 6.07) is 15.5. The summed E-state index contributed by atoms with van der Waals surface area (Å²) in [4.78, 5) is 14.8. The van der Waals surface area contributed by atoms with E-state index in [-0.39, 0.29) is 11.8 Å². The van der Waals surface area contributed by atoms with E-state index in [0.717, 1.165) is 31.3 Å². The molecule has 0 spiro atoms. The molecular weight excluding hydrogens is 458 g/mol. The molecule has 1 heterocycles. The van der Waals surface area contributed by atoms with Gasteiger partial charge in [0.25, 0.3) is 0 Å². The van der Waals surface area contributed by atoms with E-state index in [1.165, 1.54) is 0 Å². The molecular formula is C21H21BrClN3OS. The van der Waals surface area contributed by atoms with Gasteiger partial charge < -0.3 is 5.32 Å². The Balaban J connectivity index is 1.71. The molecule has 3 rings (SSSR count). The number of amides is 1. The Kier molecular flexibility index (Phi) is 6.86. The Labute approximate surface area is 182 Å². The average Bonchev–Trinajstić information content (AvgIpc) is 2.91. The largest absolute Gasteiger partial charge is 0.325 e. The number of hydrogen-bond acceptors (Lipinski definition) is 3. The fraction of sp³-hybridized carbons (Fsp3) is 0.238.